The number of benzene rings is 1. The van der Waals surface area contributed by atoms with E-state index in [2.05, 4.69) is 26.1 Å². The average molecular weight is 315 g/mol. The van der Waals surface area contributed by atoms with Crippen LogP contribution in [0.1, 0.15) is 19.2 Å². The number of halogens is 2. The summed E-state index contributed by atoms with van der Waals surface area (Å²) in [5.41, 5.74) is 0.524. The van der Waals surface area contributed by atoms with Gasteiger partial charge in [0.25, 0.3) is 0 Å². The van der Waals surface area contributed by atoms with Gasteiger partial charge < -0.3 is 9.63 Å². The molecule has 1 atom stereocenters. The molecule has 96 valence electrons. The van der Waals surface area contributed by atoms with E-state index in [4.69, 9.17) is 4.52 Å². The lowest BCUT2D eigenvalue weighted by molar-refractivity contribution is 0.158. The van der Waals surface area contributed by atoms with E-state index in [1.165, 1.54) is 12.1 Å². The molecule has 0 amide bonds. The van der Waals surface area contributed by atoms with Crippen LogP contribution in [0.25, 0.3) is 11.4 Å². The molecule has 1 N–H and O–H groups in total. The number of nitrogens with zero attached hydrogens (tertiary/aromatic N) is 2. The Morgan fingerprint density at radius 1 is 1.50 bits per heavy atom. The molecular formula is C12H12BrFN2O2. The van der Waals surface area contributed by atoms with E-state index in [-0.39, 0.29) is 5.82 Å². The minimum atomic E-state index is -0.505. The van der Waals surface area contributed by atoms with Crippen LogP contribution in [0.15, 0.2) is 27.2 Å². The zero-order valence-electron chi connectivity index (χ0n) is 9.73. The third-order valence-electron chi connectivity index (χ3n) is 2.52. The first-order valence-corrected chi connectivity index (χ1v) is 6.35. The first-order valence-electron chi connectivity index (χ1n) is 5.56. The van der Waals surface area contributed by atoms with Crippen LogP contribution in [-0.4, -0.2) is 21.4 Å². The normalized spacial score (nSPS) is 12.7. The summed E-state index contributed by atoms with van der Waals surface area (Å²) < 4.78 is 18.9. The quantitative estimate of drug-likeness (QED) is 0.942. The molecule has 0 aliphatic heterocycles. The van der Waals surface area contributed by atoms with E-state index in [9.17, 15) is 9.50 Å². The van der Waals surface area contributed by atoms with Crippen LogP contribution in [0.2, 0.25) is 0 Å². The van der Waals surface area contributed by atoms with Gasteiger partial charge in [0, 0.05) is 10.0 Å². The van der Waals surface area contributed by atoms with Gasteiger partial charge in [-0.1, -0.05) is 28.0 Å². The molecule has 0 saturated carbocycles. The maximum Gasteiger partial charge on any atom is 0.229 e. The summed E-state index contributed by atoms with van der Waals surface area (Å²) in [7, 11) is 0. The molecule has 2 aromatic rings. The lowest BCUT2D eigenvalue weighted by atomic mass is 10.2. The van der Waals surface area contributed by atoms with Gasteiger partial charge in [-0.05, 0) is 24.6 Å². The topological polar surface area (TPSA) is 59.2 Å². The number of hydrogen-bond donors (Lipinski definition) is 1. The smallest absolute Gasteiger partial charge is 0.229 e. The highest BCUT2D eigenvalue weighted by Gasteiger charge is 2.14. The van der Waals surface area contributed by atoms with Crippen molar-refractivity contribution in [2.45, 2.75) is 25.9 Å². The van der Waals surface area contributed by atoms with Gasteiger partial charge in [-0.15, -0.1) is 0 Å². The van der Waals surface area contributed by atoms with Gasteiger partial charge in [0.1, 0.15) is 5.82 Å². The first kappa shape index (κ1) is 13.2. The Kier molecular flexibility index (Phi) is 4.08. The van der Waals surface area contributed by atoms with Crippen LogP contribution >= 0.6 is 15.9 Å². The number of hydrogen-bond acceptors (Lipinski definition) is 4. The molecule has 18 heavy (non-hydrogen) atoms. The fourth-order valence-electron chi connectivity index (χ4n) is 1.46. The molecular weight excluding hydrogens is 303 g/mol. The number of aliphatic hydroxyl groups is 1. The molecule has 0 bridgehead atoms. The summed E-state index contributed by atoms with van der Waals surface area (Å²) in [4.78, 5) is 4.14. The first-order chi connectivity index (χ1) is 8.60. The van der Waals surface area contributed by atoms with Gasteiger partial charge in [0.05, 0.1) is 12.5 Å². The Labute approximate surface area is 112 Å². The van der Waals surface area contributed by atoms with Crippen molar-refractivity contribution in [1.29, 1.82) is 0 Å². The molecule has 2 rings (SSSR count). The van der Waals surface area contributed by atoms with Crippen molar-refractivity contribution < 1.29 is 14.0 Å². The zero-order valence-corrected chi connectivity index (χ0v) is 11.3. The summed E-state index contributed by atoms with van der Waals surface area (Å²) in [5, 5.41) is 13.3. The molecule has 4 nitrogen and oxygen atoms in total. The van der Waals surface area contributed by atoms with Crippen LogP contribution in [0.3, 0.4) is 0 Å². The maximum atomic E-state index is 13.2. The number of aromatic nitrogens is 2. The molecule has 0 radical (unpaired) electrons. The van der Waals surface area contributed by atoms with Crippen molar-refractivity contribution in [1.82, 2.24) is 10.1 Å². The van der Waals surface area contributed by atoms with E-state index in [0.29, 0.717) is 34.6 Å². The average Bonchev–Trinajstić information content (AvgIpc) is 2.80. The fraction of sp³-hybridized carbons (Fsp3) is 0.333. The zero-order chi connectivity index (χ0) is 13.1. The minimum absolute atomic E-state index is 0.302. The minimum Gasteiger partial charge on any atom is -0.393 e. The van der Waals surface area contributed by atoms with Gasteiger partial charge >= 0.3 is 0 Å². The van der Waals surface area contributed by atoms with Crippen molar-refractivity contribution in [3.05, 3.63) is 34.4 Å². The molecule has 1 aromatic heterocycles. The second-order valence-corrected chi connectivity index (χ2v) is 4.76. The van der Waals surface area contributed by atoms with E-state index >= 15 is 0 Å². The predicted molar refractivity (Wildman–Crippen MR) is 67.4 cm³/mol. The molecule has 1 aromatic carbocycles. The second-order valence-electron chi connectivity index (χ2n) is 3.90. The van der Waals surface area contributed by atoms with Crippen LogP contribution in [0, 0.1) is 5.82 Å². The van der Waals surface area contributed by atoms with Gasteiger partial charge in [-0.2, -0.15) is 4.98 Å². The highest BCUT2D eigenvalue weighted by molar-refractivity contribution is 9.10. The summed E-state index contributed by atoms with van der Waals surface area (Å²) in [5.74, 6) is 0.281. The molecule has 0 spiro atoms. The Morgan fingerprint density at radius 2 is 2.28 bits per heavy atom. The summed E-state index contributed by atoms with van der Waals surface area (Å²) >= 11 is 3.30. The van der Waals surface area contributed by atoms with E-state index in [0.717, 1.165) is 0 Å². The largest absolute Gasteiger partial charge is 0.393 e. The Morgan fingerprint density at radius 3 is 3.00 bits per heavy atom. The highest BCUT2D eigenvalue weighted by atomic mass is 79.9. The Balaban J connectivity index is 2.26. The van der Waals surface area contributed by atoms with Crippen molar-refractivity contribution in [3.8, 4) is 11.4 Å². The monoisotopic (exact) mass is 314 g/mol. The van der Waals surface area contributed by atoms with Gasteiger partial charge in [-0.25, -0.2) is 4.39 Å². The molecule has 0 aliphatic carbocycles. The maximum absolute atomic E-state index is 13.2. The van der Waals surface area contributed by atoms with Crippen LogP contribution < -0.4 is 0 Å². The van der Waals surface area contributed by atoms with Crippen molar-refractivity contribution in [3.63, 3.8) is 0 Å². The van der Waals surface area contributed by atoms with Crippen molar-refractivity contribution >= 4 is 15.9 Å². The Bertz CT molecular complexity index is 545. The SMILES string of the molecule is CCC(O)Cc1nc(-c2cc(F)ccc2Br)no1. The second kappa shape index (κ2) is 5.58. The number of aliphatic hydroxyl groups excluding tert-OH is 1. The predicted octanol–water partition coefficient (Wildman–Crippen LogP) is 2.95. The van der Waals surface area contributed by atoms with Gasteiger partial charge in [-0.3, -0.25) is 0 Å². The van der Waals surface area contributed by atoms with Crippen molar-refractivity contribution in [2.75, 3.05) is 0 Å². The van der Waals surface area contributed by atoms with E-state index in [1.807, 2.05) is 6.92 Å². The lowest BCUT2D eigenvalue weighted by Gasteiger charge is -2.01. The molecule has 0 saturated heterocycles. The van der Waals surface area contributed by atoms with Crippen molar-refractivity contribution in [2.24, 2.45) is 0 Å². The third kappa shape index (κ3) is 2.94. The van der Waals surface area contributed by atoms with Gasteiger partial charge in [0.2, 0.25) is 11.7 Å². The van der Waals surface area contributed by atoms with Crippen LogP contribution in [-0.2, 0) is 6.42 Å². The standard InChI is InChI=1S/C12H12BrFN2O2/c1-2-8(17)6-11-15-12(16-18-11)9-5-7(14)3-4-10(9)13/h3-5,8,17H,2,6H2,1H3. The Hall–Kier alpha value is -1.27. The van der Waals surface area contributed by atoms with E-state index in [1.54, 1.807) is 6.07 Å². The van der Waals surface area contributed by atoms with Crippen LogP contribution in [0.5, 0.6) is 0 Å². The molecule has 1 unspecified atom stereocenters. The molecule has 6 heteroatoms. The lowest BCUT2D eigenvalue weighted by Crippen LogP contribution is -2.08. The van der Waals surface area contributed by atoms with Crippen LogP contribution in [0.4, 0.5) is 4.39 Å². The molecule has 0 fully saturated rings. The summed E-state index contributed by atoms with van der Waals surface area (Å²) in [6.45, 7) is 1.87. The third-order valence-corrected chi connectivity index (χ3v) is 3.21. The molecule has 0 aliphatic rings. The number of rotatable bonds is 4. The summed E-state index contributed by atoms with van der Waals surface area (Å²) in [6, 6.07) is 4.26. The fourth-order valence-corrected chi connectivity index (χ4v) is 1.89. The van der Waals surface area contributed by atoms with Gasteiger partial charge in [0.15, 0.2) is 0 Å². The summed E-state index contributed by atoms with van der Waals surface area (Å²) in [6.07, 6.45) is 0.409. The highest BCUT2D eigenvalue weighted by Crippen LogP contribution is 2.26. The van der Waals surface area contributed by atoms with E-state index < -0.39 is 6.10 Å². The molecule has 1 heterocycles.